The predicted octanol–water partition coefficient (Wildman–Crippen LogP) is 4.13. The van der Waals surface area contributed by atoms with Gasteiger partial charge in [0.25, 0.3) is 5.56 Å². The number of aromatic nitrogens is 2. The molecule has 1 unspecified atom stereocenters. The molecule has 162 valence electrons. The third-order valence-electron chi connectivity index (χ3n) is 5.82. The van der Waals surface area contributed by atoms with Crippen molar-refractivity contribution >= 4 is 12.2 Å². The van der Waals surface area contributed by atoms with Crippen LogP contribution in [0, 0.1) is 11.3 Å². The van der Waals surface area contributed by atoms with Gasteiger partial charge in [-0.2, -0.15) is 10.4 Å². The monoisotopic (exact) mass is 426 g/mol. The molecule has 1 atom stereocenters. The van der Waals surface area contributed by atoms with Gasteiger partial charge >= 0.3 is 0 Å². The fourth-order valence-electron chi connectivity index (χ4n) is 4.01. The van der Waals surface area contributed by atoms with E-state index in [2.05, 4.69) is 38.4 Å². The van der Waals surface area contributed by atoms with Crippen LogP contribution >= 0.6 is 0 Å². The summed E-state index contributed by atoms with van der Waals surface area (Å²) >= 11 is 0. The zero-order valence-electron chi connectivity index (χ0n) is 18.1. The van der Waals surface area contributed by atoms with E-state index >= 15 is 0 Å². The lowest BCUT2D eigenvalue weighted by Crippen LogP contribution is -2.36. The number of nitrogens with zero attached hydrogens (tertiary/aromatic N) is 4. The maximum atomic E-state index is 12.4. The van der Waals surface area contributed by atoms with E-state index in [-0.39, 0.29) is 11.5 Å². The van der Waals surface area contributed by atoms with Gasteiger partial charge in [0.15, 0.2) is 0 Å². The molecule has 2 N–H and O–H groups in total. The van der Waals surface area contributed by atoms with Crippen LogP contribution in [-0.4, -0.2) is 33.7 Å². The van der Waals surface area contributed by atoms with Crippen LogP contribution in [0.4, 0.5) is 5.95 Å². The lowest BCUT2D eigenvalue weighted by atomic mass is 10.0. The number of nitriles is 1. The number of nitrogens with one attached hydrogen (secondary N) is 2. The summed E-state index contributed by atoms with van der Waals surface area (Å²) in [7, 11) is 0. The summed E-state index contributed by atoms with van der Waals surface area (Å²) in [6.07, 6.45) is 5.51. The molecule has 1 saturated heterocycles. The molecule has 2 aromatic carbocycles. The zero-order valence-corrected chi connectivity index (χ0v) is 18.1. The van der Waals surface area contributed by atoms with Gasteiger partial charge in [-0.05, 0) is 37.4 Å². The standard InChI is InChI=1S/C25H26N6O/c1-18-9-7-8-14-31(18)17-21-13-6-5-12-20(21)16-27-30-25-28-23(19-10-3-2-4-11-19)22(15-26)24(32)29-25/h2-6,10-13,16,18H,7-9,14,17H2,1H3,(H2,28,29,30,32). The highest BCUT2D eigenvalue weighted by molar-refractivity contribution is 5.82. The summed E-state index contributed by atoms with van der Waals surface area (Å²) in [5.74, 6) is 0.186. The van der Waals surface area contributed by atoms with Crippen LogP contribution in [0.5, 0.6) is 0 Å². The fraction of sp³-hybridized carbons (Fsp3) is 0.280. The molecule has 0 aliphatic carbocycles. The van der Waals surface area contributed by atoms with Gasteiger partial charge in [-0.25, -0.2) is 10.4 Å². The van der Waals surface area contributed by atoms with Gasteiger partial charge in [0, 0.05) is 18.2 Å². The Morgan fingerprint density at radius 2 is 2.00 bits per heavy atom. The van der Waals surface area contributed by atoms with Crippen LogP contribution in [0.2, 0.25) is 0 Å². The second-order valence-corrected chi connectivity index (χ2v) is 8.00. The van der Waals surface area contributed by atoms with Gasteiger partial charge in [0.2, 0.25) is 5.95 Å². The molecule has 0 spiro atoms. The molecule has 0 bridgehead atoms. The minimum atomic E-state index is -0.501. The summed E-state index contributed by atoms with van der Waals surface area (Å²) in [5.41, 5.74) is 5.53. The molecular weight excluding hydrogens is 400 g/mol. The second kappa shape index (κ2) is 10.0. The van der Waals surface area contributed by atoms with Crippen LogP contribution in [-0.2, 0) is 6.54 Å². The van der Waals surface area contributed by atoms with Crippen molar-refractivity contribution in [3.05, 3.63) is 81.6 Å². The van der Waals surface area contributed by atoms with E-state index in [0.29, 0.717) is 17.3 Å². The molecule has 1 fully saturated rings. The van der Waals surface area contributed by atoms with Gasteiger partial charge in [-0.15, -0.1) is 0 Å². The molecule has 4 rings (SSSR count). The average Bonchev–Trinajstić information content (AvgIpc) is 2.82. The number of likely N-dealkylation sites (tertiary alicyclic amines) is 1. The molecule has 2 heterocycles. The molecular formula is C25H26N6O. The number of hydrogen-bond donors (Lipinski definition) is 2. The molecule has 0 radical (unpaired) electrons. The number of aromatic amines is 1. The summed E-state index contributed by atoms with van der Waals surface area (Å²) in [4.78, 5) is 21.9. The molecule has 1 aliphatic rings. The summed E-state index contributed by atoms with van der Waals surface area (Å²) < 4.78 is 0. The molecule has 32 heavy (non-hydrogen) atoms. The Morgan fingerprint density at radius 1 is 1.22 bits per heavy atom. The van der Waals surface area contributed by atoms with E-state index in [1.165, 1.54) is 24.8 Å². The van der Waals surface area contributed by atoms with Gasteiger partial charge in [0.05, 0.1) is 11.9 Å². The van der Waals surface area contributed by atoms with Crippen LogP contribution in [0.25, 0.3) is 11.3 Å². The third kappa shape index (κ3) is 4.93. The Morgan fingerprint density at radius 3 is 2.78 bits per heavy atom. The lowest BCUT2D eigenvalue weighted by Gasteiger charge is -2.33. The molecule has 0 amide bonds. The predicted molar refractivity (Wildman–Crippen MR) is 126 cm³/mol. The zero-order chi connectivity index (χ0) is 22.3. The van der Waals surface area contributed by atoms with Gasteiger partial charge < -0.3 is 0 Å². The van der Waals surface area contributed by atoms with Crippen LogP contribution < -0.4 is 11.0 Å². The Balaban J connectivity index is 1.55. The van der Waals surface area contributed by atoms with Crippen molar-refractivity contribution in [2.24, 2.45) is 5.10 Å². The highest BCUT2D eigenvalue weighted by Gasteiger charge is 2.19. The Bertz CT molecular complexity index is 1200. The van der Waals surface area contributed by atoms with Crippen molar-refractivity contribution in [3.8, 4) is 17.3 Å². The van der Waals surface area contributed by atoms with E-state index in [9.17, 15) is 10.1 Å². The van der Waals surface area contributed by atoms with E-state index in [0.717, 1.165) is 18.7 Å². The van der Waals surface area contributed by atoms with Crippen molar-refractivity contribution in [1.82, 2.24) is 14.9 Å². The number of hydrazone groups is 1. The summed E-state index contributed by atoms with van der Waals surface area (Å²) in [6, 6.07) is 19.9. The maximum absolute atomic E-state index is 12.4. The Labute approximate surface area is 187 Å². The van der Waals surface area contributed by atoms with Gasteiger partial charge in [0.1, 0.15) is 11.6 Å². The van der Waals surface area contributed by atoms with E-state index in [1.807, 2.05) is 54.6 Å². The van der Waals surface area contributed by atoms with Crippen LogP contribution in [0.1, 0.15) is 42.9 Å². The Hall–Kier alpha value is -3.76. The van der Waals surface area contributed by atoms with E-state index in [1.54, 1.807) is 6.21 Å². The normalized spacial score (nSPS) is 16.7. The first-order valence-corrected chi connectivity index (χ1v) is 10.9. The molecule has 7 heteroatoms. The molecule has 3 aromatic rings. The quantitative estimate of drug-likeness (QED) is 0.456. The molecule has 1 aromatic heterocycles. The minimum absolute atomic E-state index is 0.0215. The lowest BCUT2D eigenvalue weighted by molar-refractivity contribution is 0.152. The third-order valence-corrected chi connectivity index (χ3v) is 5.82. The highest BCUT2D eigenvalue weighted by atomic mass is 16.1. The fourth-order valence-corrected chi connectivity index (χ4v) is 4.01. The summed E-state index contributed by atoms with van der Waals surface area (Å²) in [5, 5.41) is 13.7. The van der Waals surface area contributed by atoms with Crippen molar-refractivity contribution < 1.29 is 0 Å². The number of H-pyrrole nitrogens is 1. The average molecular weight is 427 g/mol. The van der Waals surface area contributed by atoms with E-state index in [4.69, 9.17) is 0 Å². The first kappa shape index (κ1) is 21.5. The SMILES string of the molecule is CC1CCCCN1Cc1ccccc1C=NNc1nc(-c2ccccc2)c(C#N)c(=O)[nH]1. The maximum Gasteiger partial charge on any atom is 0.270 e. The number of benzene rings is 2. The topological polar surface area (TPSA) is 97.2 Å². The van der Waals surface area contributed by atoms with Crippen molar-refractivity contribution in [3.63, 3.8) is 0 Å². The number of rotatable bonds is 6. The van der Waals surface area contributed by atoms with E-state index < -0.39 is 5.56 Å². The Kier molecular flexibility index (Phi) is 6.73. The van der Waals surface area contributed by atoms with Crippen molar-refractivity contribution in [2.45, 2.75) is 38.8 Å². The van der Waals surface area contributed by atoms with Gasteiger partial charge in [-0.3, -0.25) is 14.7 Å². The number of hydrogen-bond acceptors (Lipinski definition) is 6. The number of anilines is 1. The second-order valence-electron chi connectivity index (χ2n) is 8.00. The molecule has 7 nitrogen and oxygen atoms in total. The largest absolute Gasteiger partial charge is 0.296 e. The van der Waals surface area contributed by atoms with Crippen molar-refractivity contribution in [1.29, 1.82) is 5.26 Å². The van der Waals surface area contributed by atoms with Gasteiger partial charge in [-0.1, -0.05) is 61.0 Å². The first-order chi connectivity index (χ1) is 15.7. The highest BCUT2D eigenvalue weighted by Crippen LogP contribution is 2.21. The summed E-state index contributed by atoms with van der Waals surface area (Å²) in [6.45, 7) is 4.28. The molecule has 0 saturated carbocycles. The van der Waals surface area contributed by atoms with Crippen LogP contribution in [0.3, 0.4) is 0 Å². The molecule has 1 aliphatic heterocycles. The smallest absolute Gasteiger partial charge is 0.270 e. The van der Waals surface area contributed by atoms with Crippen molar-refractivity contribution in [2.75, 3.05) is 12.0 Å². The van der Waals surface area contributed by atoms with Crippen LogP contribution in [0.15, 0.2) is 64.5 Å². The number of piperidine rings is 1. The first-order valence-electron chi connectivity index (χ1n) is 10.9. The minimum Gasteiger partial charge on any atom is -0.296 e.